The van der Waals surface area contributed by atoms with Gasteiger partial charge >= 0.3 is 0 Å². The monoisotopic (exact) mass is 918 g/mol. The minimum absolute atomic E-state index is 0. The van der Waals surface area contributed by atoms with Crippen molar-refractivity contribution in [2.45, 2.75) is 101 Å². The van der Waals surface area contributed by atoms with Gasteiger partial charge in [-0.2, -0.15) is 0 Å². The van der Waals surface area contributed by atoms with Gasteiger partial charge in [0.05, 0.1) is 5.58 Å². The zero-order valence-corrected chi connectivity index (χ0v) is 36.2. The number of aryl methyl sites for hydroxylation is 2. The number of carbonyl (C=O) groups is 1. The Balaban J connectivity index is 0.000000343. The van der Waals surface area contributed by atoms with Crippen molar-refractivity contribution in [3.63, 3.8) is 0 Å². The van der Waals surface area contributed by atoms with Crippen molar-refractivity contribution in [2.75, 3.05) is 0 Å². The molecule has 6 rings (SSSR count). The van der Waals surface area contributed by atoms with Gasteiger partial charge in [-0.05, 0) is 85.0 Å². The first-order chi connectivity index (χ1) is 24.1. The Morgan fingerprint density at radius 1 is 0.943 bits per heavy atom. The molecule has 0 spiro atoms. The van der Waals surface area contributed by atoms with Crippen LogP contribution in [0.5, 0.6) is 0 Å². The number of ketones is 1. The van der Waals surface area contributed by atoms with Crippen LogP contribution in [0.15, 0.2) is 58.8 Å². The molecule has 287 valence electrons. The van der Waals surface area contributed by atoms with Crippen LogP contribution in [0.1, 0.15) is 97.8 Å². The summed E-state index contributed by atoms with van der Waals surface area (Å²) < 4.78 is 37.7. The number of halogens is 2. The third-order valence-electron chi connectivity index (χ3n) is 10.9. The van der Waals surface area contributed by atoms with E-state index in [0.29, 0.717) is 28.0 Å². The van der Waals surface area contributed by atoms with Crippen molar-refractivity contribution < 1.29 is 43.2 Å². The summed E-state index contributed by atoms with van der Waals surface area (Å²) in [5.74, 6) is -0.852. The van der Waals surface area contributed by atoms with E-state index in [1.165, 1.54) is 28.6 Å². The van der Waals surface area contributed by atoms with E-state index in [-0.39, 0.29) is 60.9 Å². The molecule has 0 fully saturated rings. The molecule has 0 amide bonds. The number of aliphatic hydroxyl groups is 1. The standard InChI is InChI=1S/C29H22F2NOS.C15H28O2.CH3.Ir/c1-14(2)9-17-5-6-18-19-7-8-32-27(29(19)34-23(18)13-17)21-11-15(3)10-20-24-22(33-28(20)21)12-16(4)25(30)26(24)31;1-7-14(5,8-2)12(16)11-13(17)15(6,9-3)10-4;;/h5-8,10,12-14H,9H2,1-4H3;11,16H,7-10H2,1-6H3;1H3;/q-1;;-1;/b;12-11-;;. The molecule has 3 heterocycles. The van der Waals surface area contributed by atoms with Crippen LogP contribution in [0.25, 0.3) is 53.4 Å². The molecule has 0 unspecified atom stereocenters. The van der Waals surface area contributed by atoms with Crippen LogP contribution >= 0.6 is 11.3 Å². The van der Waals surface area contributed by atoms with E-state index in [2.05, 4.69) is 38.1 Å². The van der Waals surface area contributed by atoms with Crippen LogP contribution in [-0.2, 0) is 31.3 Å². The van der Waals surface area contributed by atoms with Crippen LogP contribution in [0.2, 0.25) is 0 Å². The first-order valence-corrected chi connectivity index (χ1v) is 18.9. The maximum atomic E-state index is 15.0. The van der Waals surface area contributed by atoms with E-state index in [1.807, 2.05) is 54.5 Å². The summed E-state index contributed by atoms with van der Waals surface area (Å²) in [6.07, 6.45) is 7.58. The molecule has 0 aliphatic rings. The Kier molecular flexibility index (Phi) is 14.4. The number of fused-ring (bicyclic) bond motifs is 6. The molecule has 1 radical (unpaired) electrons. The van der Waals surface area contributed by atoms with Gasteiger partial charge in [-0.25, -0.2) is 8.78 Å². The first kappa shape index (κ1) is 43.9. The fourth-order valence-electron chi connectivity index (χ4n) is 6.54. The molecule has 53 heavy (non-hydrogen) atoms. The van der Waals surface area contributed by atoms with Crippen LogP contribution in [0.4, 0.5) is 8.78 Å². The van der Waals surface area contributed by atoms with Crippen LogP contribution in [-0.4, -0.2) is 15.9 Å². The molecule has 0 saturated carbocycles. The summed E-state index contributed by atoms with van der Waals surface area (Å²) >= 11 is 1.70. The van der Waals surface area contributed by atoms with Gasteiger partial charge in [-0.1, -0.05) is 85.4 Å². The number of benzene rings is 3. The first-order valence-electron chi connectivity index (χ1n) is 18.1. The average Bonchev–Trinajstić information content (AvgIpc) is 3.67. The number of aromatic nitrogens is 1. The van der Waals surface area contributed by atoms with Crippen LogP contribution < -0.4 is 0 Å². The predicted octanol–water partition coefficient (Wildman–Crippen LogP) is 14.0. The summed E-state index contributed by atoms with van der Waals surface area (Å²) in [4.78, 5) is 16.9. The number of aliphatic hydroxyl groups excluding tert-OH is 1. The number of pyridine rings is 1. The molecule has 0 bridgehead atoms. The van der Waals surface area contributed by atoms with Crippen molar-refractivity contribution in [3.8, 4) is 11.3 Å². The maximum Gasteiger partial charge on any atom is 0.169 e. The van der Waals surface area contributed by atoms with E-state index in [1.54, 1.807) is 29.7 Å². The van der Waals surface area contributed by atoms with Gasteiger partial charge in [-0.15, -0.1) is 29.0 Å². The molecular formula is C45H53F2IrNO3S-2. The molecule has 6 aromatic rings. The summed E-state index contributed by atoms with van der Waals surface area (Å²) in [6.45, 7) is 20.0. The SMILES string of the molecule is CCC(C)(CC)C(=O)/C=C(\O)C(C)(CC)CC.Cc1[c-]c(-c2nccc3c2sc2cc(CC(C)C)ccc23)c2oc3cc(C)c(F)c(F)c3c2c1.[CH3-].[Ir]. The van der Waals surface area contributed by atoms with Crippen LogP contribution in [0.3, 0.4) is 0 Å². The normalized spacial score (nSPS) is 12.3. The molecule has 0 aliphatic heterocycles. The minimum Gasteiger partial charge on any atom is -0.512 e. The topological polar surface area (TPSA) is 63.3 Å². The van der Waals surface area contributed by atoms with Crippen molar-refractivity contribution >= 4 is 59.2 Å². The molecule has 4 nitrogen and oxygen atoms in total. The summed E-state index contributed by atoms with van der Waals surface area (Å²) in [5.41, 5.74) is 3.96. The van der Waals surface area contributed by atoms with Crippen molar-refractivity contribution in [3.05, 3.63) is 96.2 Å². The number of rotatable bonds is 10. The second-order valence-corrected chi connectivity index (χ2v) is 15.9. The molecule has 3 aromatic heterocycles. The Bertz CT molecular complexity index is 2270. The number of hydrogen-bond acceptors (Lipinski definition) is 5. The Labute approximate surface area is 331 Å². The molecule has 8 heteroatoms. The Morgan fingerprint density at radius 3 is 2.19 bits per heavy atom. The molecule has 1 N–H and O–H groups in total. The number of allylic oxidation sites excluding steroid dienone is 2. The van der Waals surface area contributed by atoms with Crippen molar-refractivity contribution in [1.82, 2.24) is 4.98 Å². The van der Waals surface area contributed by atoms with Gasteiger partial charge in [0.25, 0.3) is 0 Å². The number of carbonyl (C=O) groups excluding carboxylic acids is 1. The van der Waals surface area contributed by atoms with E-state index >= 15 is 0 Å². The average molecular weight is 918 g/mol. The second kappa shape index (κ2) is 17.3. The smallest absolute Gasteiger partial charge is 0.169 e. The van der Waals surface area contributed by atoms with E-state index < -0.39 is 11.6 Å². The zero-order chi connectivity index (χ0) is 37.4. The van der Waals surface area contributed by atoms with Gasteiger partial charge in [0.15, 0.2) is 17.4 Å². The van der Waals surface area contributed by atoms with Crippen molar-refractivity contribution in [1.29, 1.82) is 0 Å². The third kappa shape index (κ3) is 8.45. The molecule has 0 atom stereocenters. The summed E-state index contributed by atoms with van der Waals surface area (Å²) in [6, 6.07) is 15.4. The molecule has 3 aromatic carbocycles. The fourth-order valence-corrected chi connectivity index (χ4v) is 7.79. The predicted molar refractivity (Wildman–Crippen MR) is 216 cm³/mol. The maximum absolute atomic E-state index is 15.0. The molecular weight excluding hydrogens is 865 g/mol. The summed E-state index contributed by atoms with van der Waals surface area (Å²) in [7, 11) is 0. The number of hydrogen-bond donors (Lipinski definition) is 1. The third-order valence-corrected chi connectivity index (χ3v) is 12.1. The van der Waals surface area contributed by atoms with Crippen LogP contribution in [0, 0.1) is 55.7 Å². The molecule has 0 aliphatic carbocycles. The molecule has 0 saturated heterocycles. The quantitative estimate of drug-likeness (QED) is 0.0845. The van der Waals surface area contributed by atoms with Gasteiger partial charge in [0.1, 0.15) is 11.3 Å². The minimum atomic E-state index is -0.879. The number of furan rings is 1. The number of nitrogens with zero attached hydrogens (tertiary/aromatic N) is 1. The van der Waals surface area contributed by atoms with Gasteiger partial charge in [0, 0.05) is 63.7 Å². The fraction of sp³-hybridized carbons (Fsp3) is 0.400. The van der Waals surface area contributed by atoms with E-state index in [0.717, 1.165) is 53.4 Å². The summed E-state index contributed by atoms with van der Waals surface area (Å²) in [5, 5.41) is 13.1. The Morgan fingerprint density at radius 2 is 1.58 bits per heavy atom. The van der Waals surface area contributed by atoms with Crippen molar-refractivity contribution in [2.24, 2.45) is 16.7 Å². The van der Waals surface area contributed by atoms with E-state index in [4.69, 9.17) is 9.40 Å². The van der Waals surface area contributed by atoms with Gasteiger partial charge in [0.2, 0.25) is 0 Å². The largest absolute Gasteiger partial charge is 0.512 e. The zero-order valence-electron chi connectivity index (χ0n) is 32.9. The Hall–Kier alpha value is -3.45. The van der Waals surface area contributed by atoms with Gasteiger partial charge in [-0.3, -0.25) is 4.79 Å². The number of thiophene rings is 1. The van der Waals surface area contributed by atoms with E-state index in [9.17, 15) is 18.7 Å². The van der Waals surface area contributed by atoms with Gasteiger partial charge < -0.3 is 21.9 Å². The second-order valence-electron chi connectivity index (χ2n) is 14.9.